The fraction of sp³-hybridized carbons (Fsp3) is 0.333. The molecule has 1 amide bonds. The molecule has 1 atom stereocenters. The van der Waals surface area contributed by atoms with Crippen LogP contribution in [0.25, 0.3) is 10.4 Å². The minimum atomic E-state index is -1.10. The van der Waals surface area contributed by atoms with Crippen LogP contribution in [0.3, 0.4) is 0 Å². The average Bonchev–Trinajstić information content (AvgIpc) is 2.76. The zero-order chi connectivity index (χ0) is 14.7. The number of carbonyl (C=O) groups is 2. The SMILES string of the molecule is [N-]=[N+]=NCC1CC(=O)N(c2cccc(Br)c2C(=O)O)C1. The first-order chi connectivity index (χ1) is 9.54. The number of nitrogens with zero attached hydrogens (tertiary/aromatic N) is 4. The van der Waals surface area contributed by atoms with Gasteiger partial charge in [-0.25, -0.2) is 4.79 Å². The van der Waals surface area contributed by atoms with E-state index in [1.54, 1.807) is 18.2 Å². The van der Waals surface area contributed by atoms with Crippen molar-refractivity contribution >= 4 is 33.5 Å². The number of carbonyl (C=O) groups excluding carboxylic acids is 1. The second kappa shape index (κ2) is 5.94. The molecular weight excluding hydrogens is 328 g/mol. The quantitative estimate of drug-likeness (QED) is 0.518. The van der Waals surface area contributed by atoms with Gasteiger partial charge in [0.05, 0.1) is 11.3 Å². The first-order valence-electron chi connectivity index (χ1n) is 5.87. The van der Waals surface area contributed by atoms with E-state index in [1.165, 1.54) is 4.90 Å². The van der Waals surface area contributed by atoms with Crippen molar-refractivity contribution in [2.24, 2.45) is 11.0 Å². The molecule has 0 radical (unpaired) electrons. The van der Waals surface area contributed by atoms with Gasteiger partial charge in [0.25, 0.3) is 0 Å². The molecule has 1 saturated heterocycles. The summed E-state index contributed by atoms with van der Waals surface area (Å²) in [6.45, 7) is 0.587. The van der Waals surface area contributed by atoms with Crippen molar-refractivity contribution in [3.63, 3.8) is 0 Å². The molecule has 20 heavy (non-hydrogen) atoms. The molecule has 0 aromatic heterocycles. The van der Waals surface area contributed by atoms with Crippen molar-refractivity contribution in [3.05, 3.63) is 38.7 Å². The highest BCUT2D eigenvalue weighted by Crippen LogP contribution is 2.32. The Morgan fingerprint density at radius 1 is 1.60 bits per heavy atom. The number of carboxylic acid groups (broad SMARTS) is 1. The Bertz CT molecular complexity index is 613. The lowest BCUT2D eigenvalue weighted by Gasteiger charge is -2.19. The van der Waals surface area contributed by atoms with Crippen LogP contribution in [0.5, 0.6) is 0 Å². The number of amides is 1. The maximum Gasteiger partial charge on any atom is 0.338 e. The fourth-order valence-corrected chi connectivity index (χ4v) is 2.76. The summed E-state index contributed by atoms with van der Waals surface area (Å²) in [4.78, 5) is 27.5. The van der Waals surface area contributed by atoms with Gasteiger partial charge in [-0.05, 0) is 39.5 Å². The normalized spacial score (nSPS) is 17.9. The average molecular weight is 339 g/mol. The molecule has 2 rings (SSSR count). The van der Waals surface area contributed by atoms with Gasteiger partial charge in [-0.3, -0.25) is 4.79 Å². The van der Waals surface area contributed by atoms with Gasteiger partial charge in [0.15, 0.2) is 0 Å². The number of halogens is 1. The summed E-state index contributed by atoms with van der Waals surface area (Å²) in [7, 11) is 0. The van der Waals surface area contributed by atoms with E-state index in [2.05, 4.69) is 26.0 Å². The molecule has 1 fully saturated rings. The molecule has 1 N–H and O–H groups in total. The molecule has 8 heteroatoms. The number of aromatic carboxylic acids is 1. The highest BCUT2D eigenvalue weighted by atomic mass is 79.9. The van der Waals surface area contributed by atoms with Crippen LogP contribution >= 0.6 is 15.9 Å². The minimum absolute atomic E-state index is 0.0604. The van der Waals surface area contributed by atoms with Gasteiger partial charge in [0.1, 0.15) is 0 Å². The van der Waals surface area contributed by atoms with Crippen LogP contribution in [0.1, 0.15) is 16.8 Å². The largest absolute Gasteiger partial charge is 0.478 e. The molecule has 1 unspecified atom stereocenters. The topological polar surface area (TPSA) is 106 Å². The summed E-state index contributed by atoms with van der Waals surface area (Å²) in [5, 5.41) is 12.7. The Morgan fingerprint density at radius 2 is 2.35 bits per heavy atom. The van der Waals surface area contributed by atoms with Crippen LogP contribution < -0.4 is 4.90 Å². The van der Waals surface area contributed by atoms with Gasteiger partial charge >= 0.3 is 5.97 Å². The summed E-state index contributed by atoms with van der Waals surface area (Å²) in [5.74, 6) is -1.35. The summed E-state index contributed by atoms with van der Waals surface area (Å²) >= 11 is 3.19. The van der Waals surface area contributed by atoms with E-state index in [4.69, 9.17) is 5.53 Å². The van der Waals surface area contributed by atoms with Crippen LogP contribution in [0.4, 0.5) is 5.69 Å². The molecule has 7 nitrogen and oxygen atoms in total. The molecule has 1 aliphatic heterocycles. The van der Waals surface area contributed by atoms with Crippen molar-refractivity contribution in [1.82, 2.24) is 0 Å². The second-order valence-corrected chi connectivity index (χ2v) is 5.28. The number of rotatable bonds is 4. The number of hydrogen-bond acceptors (Lipinski definition) is 3. The Labute approximate surface area is 122 Å². The monoisotopic (exact) mass is 338 g/mol. The van der Waals surface area contributed by atoms with Crippen LogP contribution in [-0.4, -0.2) is 30.1 Å². The van der Waals surface area contributed by atoms with Crippen LogP contribution in [0.15, 0.2) is 27.8 Å². The van der Waals surface area contributed by atoms with Gasteiger partial charge in [-0.1, -0.05) is 11.2 Å². The third kappa shape index (κ3) is 2.76. The molecule has 0 bridgehead atoms. The fourth-order valence-electron chi connectivity index (χ4n) is 2.24. The maximum atomic E-state index is 12.0. The van der Waals surface area contributed by atoms with Crippen molar-refractivity contribution in [1.29, 1.82) is 0 Å². The molecule has 0 spiro atoms. The molecule has 1 aromatic rings. The van der Waals surface area contributed by atoms with Gasteiger partial charge in [-0.15, -0.1) is 0 Å². The third-order valence-corrected chi connectivity index (χ3v) is 3.77. The van der Waals surface area contributed by atoms with E-state index in [0.29, 0.717) is 16.7 Å². The summed E-state index contributed by atoms with van der Waals surface area (Å²) in [6, 6.07) is 4.90. The van der Waals surface area contributed by atoms with Crippen molar-refractivity contribution in [3.8, 4) is 0 Å². The van der Waals surface area contributed by atoms with Gasteiger partial charge < -0.3 is 10.0 Å². The smallest absolute Gasteiger partial charge is 0.338 e. The Morgan fingerprint density at radius 3 is 3.00 bits per heavy atom. The molecule has 104 valence electrons. The standard InChI is InChI=1S/C12H11BrN4O3/c13-8-2-1-3-9(11(8)12(19)20)17-6-7(4-10(17)18)5-15-16-14/h1-3,7H,4-6H2,(H,19,20). The Hall–Kier alpha value is -2.05. The zero-order valence-corrected chi connectivity index (χ0v) is 11.9. The van der Waals surface area contributed by atoms with Gasteiger partial charge in [0.2, 0.25) is 5.91 Å². The van der Waals surface area contributed by atoms with Crippen LogP contribution in [-0.2, 0) is 4.79 Å². The third-order valence-electron chi connectivity index (χ3n) is 3.10. The maximum absolute atomic E-state index is 12.0. The van der Waals surface area contributed by atoms with E-state index in [-0.39, 0.29) is 30.4 Å². The summed E-state index contributed by atoms with van der Waals surface area (Å²) in [5.41, 5.74) is 8.73. The molecular formula is C12H11BrN4O3. The first kappa shape index (κ1) is 14.4. The number of anilines is 1. The van der Waals surface area contributed by atoms with E-state index in [1.807, 2.05) is 0 Å². The van der Waals surface area contributed by atoms with Crippen molar-refractivity contribution in [2.45, 2.75) is 6.42 Å². The lowest BCUT2D eigenvalue weighted by atomic mass is 10.1. The highest BCUT2D eigenvalue weighted by molar-refractivity contribution is 9.10. The second-order valence-electron chi connectivity index (χ2n) is 4.43. The van der Waals surface area contributed by atoms with Crippen molar-refractivity contribution in [2.75, 3.05) is 18.0 Å². The molecule has 0 aliphatic carbocycles. The van der Waals surface area contributed by atoms with Crippen LogP contribution in [0, 0.1) is 5.92 Å². The highest BCUT2D eigenvalue weighted by Gasteiger charge is 2.32. The lowest BCUT2D eigenvalue weighted by Crippen LogP contribution is -2.27. The lowest BCUT2D eigenvalue weighted by molar-refractivity contribution is -0.117. The number of benzene rings is 1. The first-order valence-corrected chi connectivity index (χ1v) is 6.67. The molecule has 1 heterocycles. The van der Waals surface area contributed by atoms with Gasteiger partial charge in [-0.2, -0.15) is 0 Å². The zero-order valence-electron chi connectivity index (χ0n) is 10.4. The van der Waals surface area contributed by atoms with E-state index >= 15 is 0 Å². The molecule has 0 saturated carbocycles. The number of hydrogen-bond donors (Lipinski definition) is 1. The van der Waals surface area contributed by atoms with E-state index < -0.39 is 5.97 Å². The molecule has 1 aliphatic rings. The summed E-state index contributed by atoms with van der Waals surface area (Å²) in [6.07, 6.45) is 0.255. The minimum Gasteiger partial charge on any atom is -0.478 e. The Balaban J connectivity index is 2.33. The van der Waals surface area contributed by atoms with E-state index in [9.17, 15) is 14.7 Å². The predicted molar refractivity (Wildman–Crippen MR) is 75.6 cm³/mol. The predicted octanol–water partition coefficient (Wildman–Crippen LogP) is 2.81. The summed E-state index contributed by atoms with van der Waals surface area (Å²) < 4.78 is 0.425. The van der Waals surface area contributed by atoms with Crippen molar-refractivity contribution < 1.29 is 14.7 Å². The Kier molecular flexibility index (Phi) is 4.26. The van der Waals surface area contributed by atoms with Crippen LogP contribution in [0.2, 0.25) is 0 Å². The van der Waals surface area contributed by atoms with Gasteiger partial charge in [0, 0.05) is 28.9 Å². The molecule has 1 aromatic carbocycles. The van der Waals surface area contributed by atoms with E-state index in [0.717, 1.165) is 0 Å². The number of azide groups is 1. The number of carboxylic acids is 1.